The molecule has 2 nitrogen and oxygen atoms in total. The van der Waals surface area contributed by atoms with Crippen molar-refractivity contribution in [3.05, 3.63) is 65.5 Å². The quantitative estimate of drug-likeness (QED) is 0.802. The van der Waals surface area contributed by atoms with Crippen LogP contribution < -0.4 is 0 Å². The summed E-state index contributed by atoms with van der Waals surface area (Å²) in [7, 11) is 0. The van der Waals surface area contributed by atoms with Crippen LogP contribution in [-0.4, -0.2) is 10.8 Å². The van der Waals surface area contributed by atoms with Crippen LogP contribution in [0.15, 0.2) is 48.7 Å². The predicted molar refractivity (Wildman–Crippen MR) is 72.4 cm³/mol. The lowest BCUT2D eigenvalue weighted by atomic mass is 10.0. The average molecular weight is 239 g/mol. The molecule has 0 spiro atoms. The van der Waals surface area contributed by atoms with Gasteiger partial charge in [-0.1, -0.05) is 35.9 Å². The molecule has 0 radical (unpaired) electrons. The van der Waals surface area contributed by atoms with Gasteiger partial charge in [0, 0.05) is 24.7 Å². The summed E-state index contributed by atoms with van der Waals surface area (Å²) in [5.41, 5.74) is 3.29. The van der Waals surface area contributed by atoms with E-state index in [-0.39, 0.29) is 5.78 Å². The Bertz CT molecular complexity index is 502. The molecule has 0 N–H and O–H groups in total. The molecule has 0 aliphatic carbocycles. The molecule has 0 unspecified atom stereocenters. The second-order valence-corrected chi connectivity index (χ2v) is 4.52. The zero-order valence-electron chi connectivity index (χ0n) is 10.6. The Kier molecular flexibility index (Phi) is 4.24. The first-order chi connectivity index (χ1) is 8.74. The third-order valence-corrected chi connectivity index (χ3v) is 2.91. The van der Waals surface area contributed by atoms with Gasteiger partial charge in [-0.15, -0.1) is 0 Å². The molecule has 1 aromatic heterocycles. The average Bonchev–Trinajstić information content (AvgIpc) is 2.40. The van der Waals surface area contributed by atoms with Gasteiger partial charge in [-0.2, -0.15) is 0 Å². The van der Waals surface area contributed by atoms with Crippen molar-refractivity contribution in [2.75, 3.05) is 0 Å². The standard InChI is InChI=1S/C16H17NO/c1-13-5-7-14(8-6-13)12-16(18)10-9-15-4-2-3-11-17-15/h2-8,11H,9-10,12H2,1H3. The van der Waals surface area contributed by atoms with Crippen molar-refractivity contribution in [2.45, 2.75) is 26.2 Å². The number of aryl methyl sites for hydroxylation is 2. The second kappa shape index (κ2) is 6.10. The summed E-state index contributed by atoms with van der Waals surface area (Å²) in [5, 5.41) is 0. The lowest BCUT2D eigenvalue weighted by Gasteiger charge is -2.02. The van der Waals surface area contributed by atoms with Crippen LogP contribution in [0.5, 0.6) is 0 Å². The molecule has 0 amide bonds. The van der Waals surface area contributed by atoms with Gasteiger partial charge in [0.05, 0.1) is 0 Å². The van der Waals surface area contributed by atoms with E-state index in [9.17, 15) is 4.79 Å². The number of ketones is 1. The lowest BCUT2D eigenvalue weighted by Crippen LogP contribution is -2.05. The lowest BCUT2D eigenvalue weighted by molar-refractivity contribution is -0.118. The smallest absolute Gasteiger partial charge is 0.137 e. The first-order valence-electron chi connectivity index (χ1n) is 6.21. The molecule has 18 heavy (non-hydrogen) atoms. The summed E-state index contributed by atoms with van der Waals surface area (Å²) < 4.78 is 0. The summed E-state index contributed by atoms with van der Waals surface area (Å²) in [4.78, 5) is 16.1. The molecule has 0 bridgehead atoms. The van der Waals surface area contributed by atoms with Gasteiger partial charge in [0.2, 0.25) is 0 Å². The van der Waals surface area contributed by atoms with Crippen molar-refractivity contribution in [3.63, 3.8) is 0 Å². The van der Waals surface area contributed by atoms with Gasteiger partial charge in [-0.3, -0.25) is 9.78 Å². The molecule has 0 saturated heterocycles. The van der Waals surface area contributed by atoms with Crippen LogP contribution in [0.4, 0.5) is 0 Å². The van der Waals surface area contributed by atoms with E-state index in [1.165, 1.54) is 5.56 Å². The highest BCUT2D eigenvalue weighted by molar-refractivity contribution is 5.81. The Balaban J connectivity index is 1.84. The van der Waals surface area contributed by atoms with E-state index >= 15 is 0 Å². The van der Waals surface area contributed by atoms with Crippen LogP contribution in [0, 0.1) is 6.92 Å². The second-order valence-electron chi connectivity index (χ2n) is 4.52. The topological polar surface area (TPSA) is 30.0 Å². The fraction of sp³-hybridized carbons (Fsp3) is 0.250. The number of nitrogens with zero attached hydrogens (tertiary/aromatic N) is 1. The number of carbonyl (C=O) groups is 1. The number of pyridine rings is 1. The highest BCUT2D eigenvalue weighted by Crippen LogP contribution is 2.07. The minimum atomic E-state index is 0.268. The number of Topliss-reactive ketones (excluding diaryl/α,β-unsaturated/α-hetero) is 1. The van der Waals surface area contributed by atoms with E-state index < -0.39 is 0 Å². The number of carbonyl (C=O) groups excluding carboxylic acids is 1. The van der Waals surface area contributed by atoms with Crippen molar-refractivity contribution in [3.8, 4) is 0 Å². The number of benzene rings is 1. The molecular formula is C16H17NO. The van der Waals surface area contributed by atoms with Gasteiger partial charge in [-0.05, 0) is 31.0 Å². The molecule has 0 aliphatic heterocycles. The van der Waals surface area contributed by atoms with Crippen LogP contribution in [0.2, 0.25) is 0 Å². The third kappa shape index (κ3) is 3.81. The molecule has 2 aromatic rings. The van der Waals surface area contributed by atoms with E-state index in [0.717, 1.165) is 17.7 Å². The van der Waals surface area contributed by atoms with Crippen LogP contribution in [0.3, 0.4) is 0 Å². The van der Waals surface area contributed by atoms with Gasteiger partial charge in [0.25, 0.3) is 0 Å². The molecule has 1 heterocycles. The molecule has 92 valence electrons. The largest absolute Gasteiger partial charge is 0.299 e. The van der Waals surface area contributed by atoms with Crippen LogP contribution in [0.1, 0.15) is 23.2 Å². The van der Waals surface area contributed by atoms with Gasteiger partial charge in [0.1, 0.15) is 5.78 Å². The molecule has 2 rings (SSSR count). The first kappa shape index (κ1) is 12.5. The zero-order chi connectivity index (χ0) is 12.8. The van der Waals surface area contributed by atoms with Crippen molar-refractivity contribution >= 4 is 5.78 Å². The maximum atomic E-state index is 11.8. The highest BCUT2D eigenvalue weighted by Gasteiger charge is 2.04. The van der Waals surface area contributed by atoms with Gasteiger partial charge in [0.15, 0.2) is 0 Å². The maximum Gasteiger partial charge on any atom is 0.137 e. The van der Waals surface area contributed by atoms with Crippen molar-refractivity contribution in [1.29, 1.82) is 0 Å². The fourth-order valence-electron chi connectivity index (χ4n) is 1.84. The minimum Gasteiger partial charge on any atom is -0.299 e. The number of hydrogen-bond donors (Lipinski definition) is 0. The normalized spacial score (nSPS) is 10.3. The number of hydrogen-bond acceptors (Lipinski definition) is 2. The first-order valence-corrected chi connectivity index (χ1v) is 6.21. The van der Waals surface area contributed by atoms with Crippen molar-refractivity contribution in [1.82, 2.24) is 4.98 Å². The van der Waals surface area contributed by atoms with Gasteiger partial charge < -0.3 is 0 Å². The Morgan fingerprint density at radius 3 is 2.56 bits per heavy atom. The maximum absolute atomic E-state index is 11.8. The van der Waals surface area contributed by atoms with Crippen molar-refractivity contribution < 1.29 is 4.79 Å². The number of aromatic nitrogens is 1. The summed E-state index contributed by atoms with van der Waals surface area (Å²) in [5.74, 6) is 0.268. The summed E-state index contributed by atoms with van der Waals surface area (Å²) in [6, 6.07) is 13.9. The summed E-state index contributed by atoms with van der Waals surface area (Å²) >= 11 is 0. The highest BCUT2D eigenvalue weighted by atomic mass is 16.1. The molecule has 0 fully saturated rings. The van der Waals surface area contributed by atoms with Gasteiger partial charge in [-0.25, -0.2) is 0 Å². The van der Waals surface area contributed by atoms with E-state index in [4.69, 9.17) is 0 Å². The van der Waals surface area contributed by atoms with Crippen molar-refractivity contribution in [2.24, 2.45) is 0 Å². The van der Waals surface area contributed by atoms with E-state index in [1.807, 2.05) is 49.4 Å². The van der Waals surface area contributed by atoms with E-state index in [1.54, 1.807) is 6.20 Å². The SMILES string of the molecule is Cc1ccc(CC(=O)CCc2ccccn2)cc1. The Labute approximate surface area is 108 Å². The molecule has 2 heteroatoms. The Hall–Kier alpha value is -1.96. The summed E-state index contributed by atoms with van der Waals surface area (Å²) in [6.45, 7) is 2.05. The van der Waals surface area contributed by atoms with Crippen LogP contribution in [-0.2, 0) is 17.6 Å². The predicted octanol–water partition coefficient (Wildman–Crippen LogP) is 3.13. The fourth-order valence-corrected chi connectivity index (χ4v) is 1.84. The molecule has 1 aromatic carbocycles. The monoisotopic (exact) mass is 239 g/mol. The molecule has 0 aliphatic rings. The van der Waals surface area contributed by atoms with E-state index in [0.29, 0.717) is 12.8 Å². The molecule has 0 atom stereocenters. The Morgan fingerprint density at radius 2 is 1.89 bits per heavy atom. The zero-order valence-corrected chi connectivity index (χ0v) is 10.6. The molecule has 0 saturated carbocycles. The van der Waals surface area contributed by atoms with Gasteiger partial charge >= 0.3 is 0 Å². The minimum absolute atomic E-state index is 0.268. The Morgan fingerprint density at radius 1 is 1.11 bits per heavy atom. The van der Waals surface area contributed by atoms with Crippen LogP contribution in [0.25, 0.3) is 0 Å². The number of rotatable bonds is 5. The summed E-state index contributed by atoms with van der Waals surface area (Å²) in [6.07, 6.45) is 3.57. The molecular weight excluding hydrogens is 222 g/mol. The van der Waals surface area contributed by atoms with E-state index in [2.05, 4.69) is 4.98 Å². The van der Waals surface area contributed by atoms with Crippen LogP contribution >= 0.6 is 0 Å². The third-order valence-electron chi connectivity index (χ3n) is 2.91.